The summed E-state index contributed by atoms with van der Waals surface area (Å²) in [5, 5.41) is 10.4. The molecule has 0 fully saturated rings. The quantitative estimate of drug-likeness (QED) is 0.876. The van der Waals surface area contributed by atoms with E-state index in [-0.39, 0.29) is 6.61 Å². The van der Waals surface area contributed by atoms with Gasteiger partial charge in [-0.3, -0.25) is 0 Å². The van der Waals surface area contributed by atoms with Crippen molar-refractivity contribution in [3.63, 3.8) is 0 Å². The van der Waals surface area contributed by atoms with Crippen LogP contribution in [0.4, 0.5) is 0 Å². The van der Waals surface area contributed by atoms with E-state index < -0.39 is 5.60 Å². The smallest absolute Gasteiger partial charge is 0.121 e. The Balaban J connectivity index is 1.97. The molecule has 1 N–H and O–H groups in total. The van der Waals surface area contributed by atoms with E-state index in [1.165, 1.54) is 0 Å². The molecule has 3 heteroatoms. The van der Waals surface area contributed by atoms with Crippen LogP contribution >= 0.6 is 0 Å². The standard InChI is InChI=1S/C17H20O3/c1-3-19-15-9-11-16(12-10-15)20-13-17(2,18)14-7-5-4-6-8-14/h4-12,18H,3,13H2,1-2H3. The summed E-state index contributed by atoms with van der Waals surface area (Å²) in [4.78, 5) is 0. The van der Waals surface area contributed by atoms with Gasteiger partial charge in [0.1, 0.15) is 23.7 Å². The predicted molar refractivity (Wildman–Crippen MR) is 79.1 cm³/mol. The van der Waals surface area contributed by atoms with Crippen molar-refractivity contribution < 1.29 is 14.6 Å². The van der Waals surface area contributed by atoms with E-state index >= 15 is 0 Å². The van der Waals surface area contributed by atoms with Crippen molar-refractivity contribution in [3.05, 3.63) is 60.2 Å². The van der Waals surface area contributed by atoms with Crippen LogP contribution in [0.1, 0.15) is 19.4 Å². The van der Waals surface area contributed by atoms with Crippen LogP contribution in [-0.2, 0) is 5.60 Å². The fraction of sp³-hybridized carbons (Fsp3) is 0.294. The summed E-state index contributed by atoms with van der Waals surface area (Å²) in [6, 6.07) is 16.9. The van der Waals surface area contributed by atoms with Crippen molar-refractivity contribution in [2.45, 2.75) is 19.4 Å². The number of aliphatic hydroxyl groups is 1. The zero-order chi connectivity index (χ0) is 14.4. The van der Waals surface area contributed by atoms with E-state index in [4.69, 9.17) is 9.47 Å². The molecule has 2 aromatic carbocycles. The van der Waals surface area contributed by atoms with Gasteiger partial charge in [-0.1, -0.05) is 30.3 Å². The first-order valence-corrected chi connectivity index (χ1v) is 6.75. The number of ether oxygens (including phenoxy) is 2. The topological polar surface area (TPSA) is 38.7 Å². The highest BCUT2D eigenvalue weighted by Gasteiger charge is 2.23. The van der Waals surface area contributed by atoms with Crippen LogP contribution in [0, 0.1) is 0 Å². The van der Waals surface area contributed by atoms with Gasteiger partial charge >= 0.3 is 0 Å². The first kappa shape index (κ1) is 14.4. The molecule has 1 unspecified atom stereocenters. The normalized spacial score (nSPS) is 13.6. The van der Waals surface area contributed by atoms with E-state index in [2.05, 4.69) is 0 Å². The summed E-state index contributed by atoms with van der Waals surface area (Å²) in [7, 11) is 0. The molecule has 0 aliphatic carbocycles. The Labute approximate surface area is 119 Å². The summed E-state index contributed by atoms with van der Waals surface area (Å²) in [5.41, 5.74) is -0.175. The number of hydrogen-bond donors (Lipinski definition) is 1. The summed E-state index contributed by atoms with van der Waals surface area (Å²) < 4.78 is 11.0. The maximum absolute atomic E-state index is 10.4. The van der Waals surface area contributed by atoms with Gasteiger partial charge in [-0.25, -0.2) is 0 Å². The van der Waals surface area contributed by atoms with E-state index in [1.807, 2.05) is 61.5 Å². The summed E-state index contributed by atoms with van der Waals surface area (Å²) >= 11 is 0. The molecule has 0 aliphatic rings. The minimum Gasteiger partial charge on any atom is -0.494 e. The fourth-order valence-electron chi connectivity index (χ4n) is 1.90. The van der Waals surface area contributed by atoms with Crippen molar-refractivity contribution in [1.82, 2.24) is 0 Å². The number of rotatable bonds is 6. The molecule has 0 saturated carbocycles. The van der Waals surface area contributed by atoms with Gasteiger partial charge in [0.2, 0.25) is 0 Å². The Morgan fingerprint density at radius 3 is 2.00 bits per heavy atom. The molecule has 2 aromatic rings. The first-order chi connectivity index (χ1) is 9.62. The molecular formula is C17H20O3. The van der Waals surface area contributed by atoms with Gasteiger partial charge in [0.25, 0.3) is 0 Å². The van der Waals surface area contributed by atoms with Crippen molar-refractivity contribution in [2.75, 3.05) is 13.2 Å². The van der Waals surface area contributed by atoms with Gasteiger partial charge in [-0.2, -0.15) is 0 Å². The van der Waals surface area contributed by atoms with Crippen LogP contribution in [0.2, 0.25) is 0 Å². The maximum Gasteiger partial charge on any atom is 0.121 e. The minimum atomic E-state index is -1.01. The van der Waals surface area contributed by atoms with Crippen LogP contribution in [0.25, 0.3) is 0 Å². The number of benzene rings is 2. The molecular weight excluding hydrogens is 252 g/mol. The monoisotopic (exact) mass is 272 g/mol. The zero-order valence-electron chi connectivity index (χ0n) is 11.9. The van der Waals surface area contributed by atoms with Crippen molar-refractivity contribution >= 4 is 0 Å². The molecule has 0 aromatic heterocycles. The lowest BCUT2D eigenvalue weighted by Crippen LogP contribution is -2.29. The van der Waals surface area contributed by atoms with Crippen LogP contribution in [0.15, 0.2) is 54.6 Å². The summed E-state index contributed by atoms with van der Waals surface area (Å²) in [6.07, 6.45) is 0. The molecule has 0 heterocycles. The Bertz CT molecular complexity index is 518. The average molecular weight is 272 g/mol. The molecule has 3 nitrogen and oxygen atoms in total. The molecule has 20 heavy (non-hydrogen) atoms. The van der Waals surface area contributed by atoms with E-state index in [9.17, 15) is 5.11 Å². The second kappa shape index (κ2) is 6.44. The highest BCUT2D eigenvalue weighted by atomic mass is 16.5. The largest absolute Gasteiger partial charge is 0.494 e. The Hall–Kier alpha value is -2.00. The lowest BCUT2D eigenvalue weighted by Gasteiger charge is -2.24. The van der Waals surface area contributed by atoms with Gasteiger partial charge < -0.3 is 14.6 Å². The second-order valence-electron chi connectivity index (χ2n) is 4.83. The zero-order valence-corrected chi connectivity index (χ0v) is 11.9. The predicted octanol–water partition coefficient (Wildman–Crippen LogP) is 3.37. The summed E-state index contributed by atoms with van der Waals surface area (Å²) in [5.74, 6) is 1.53. The third kappa shape index (κ3) is 3.75. The summed E-state index contributed by atoms with van der Waals surface area (Å²) in [6.45, 7) is 4.53. The van der Waals surface area contributed by atoms with Crippen LogP contribution in [-0.4, -0.2) is 18.3 Å². The Morgan fingerprint density at radius 2 is 1.45 bits per heavy atom. The van der Waals surface area contributed by atoms with Crippen molar-refractivity contribution in [1.29, 1.82) is 0 Å². The SMILES string of the molecule is CCOc1ccc(OCC(C)(O)c2ccccc2)cc1. The molecule has 0 spiro atoms. The lowest BCUT2D eigenvalue weighted by molar-refractivity contribution is 0.00759. The molecule has 2 rings (SSSR count). The lowest BCUT2D eigenvalue weighted by atomic mass is 9.97. The van der Waals surface area contributed by atoms with Gasteiger partial charge in [0.05, 0.1) is 6.61 Å². The highest BCUT2D eigenvalue weighted by Crippen LogP contribution is 2.23. The van der Waals surface area contributed by atoms with Gasteiger partial charge in [-0.05, 0) is 43.7 Å². The van der Waals surface area contributed by atoms with Crippen LogP contribution in [0.5, 0.6) is 11.5 Å². The van der Waals surface area contributed by atoms with Crippen LogP contribution in [0.3, 0.4) is 0 Å². The molecule has 0 amide bonds. The molecule has 0 aliphatic heterocycles. The van der Waals surface area contributed by atoms with Crippen molar-refractivity contribution in [2.24, 2.45) is 0 Å². The Morgan fingerprint density at radius 1 is 0.900 bits per heavy atom. The fourth-order valence-corrected chi connectivity index (χ4v) is 1.90. The van der Waals surface area contributed by atoms with Crippen LogP contribution < -0.4 is 9.47 Å². The van der Waals surface area contributed by atoms with E-state index in [0.29, 0.717) is 12.4 Å². The molecule has 106 valence electrons. The molecule has 1 atom stereocenters. The molecule has 0 bridgehead atoms. The van der Waals surface area contributed by atoms with E-state index in [0.717, 1.165) is 11.3 Å². The highest BCUT2D eigenvalue weighted by molar-refractivity contribution is 5.31. The number of hydrogen-bond acceptors (Lipinski definition) is 3. The second-order valence-corrected chi connectivity index (χ2v) is 4.83. The third-order valence-electron chi connectivity index (χ3n) is 3.05. The molecule has 0 radical (unpaired) electrons. The third-order valence-corrected chi connectivity index (χ3v) is 3.05. The van der Waals surface area contributed by atoms with Crippen molar-refractivity contribution in [3.8, 4) is 11.5 Å². The molecule has 0 saturated heterocycles. The van der Waals surface area contributed by atoms with Gasteiger partial charge in [0, 0.05) is 0 Å². The first-order valence-electron chi connectivity index (χ1n) is 6.75. The average Bonchev–Trinajstić information content (AvgIpc) is 2.48. The minimum absolute atomic E-state index is 0.199. The van der Waals surface area contributed by atoms with Gasteiger partial charge in [-0.15, -0.1) is 0 Å². The maximum atomic E-state index is 10.4. The van der Waals surface area contributed by atoms with E-state index in [1.54, 1.807) is 6.92 Å². The van der Waals surface area contributed by atoms with Gasteiger partial charge in [0.15, 0.2) is 0 Å². The Kier molecular flexibility index (Phi) is 4.64.